The fraction of sp³-hybridized carbons (Fsp3) is 0.786. The predicted molar refractivity (Wildman–Crippen MR) is 73.8 cm³/mol. The third-order valence-electron chi connectivity index (χ3n) is 4.15. The van der Waals surface area contributed by atoms with Gasteiger partial charge in [0.2, 0.25) is 0 Å². The van der Waals surface area contributed by atoms with Crippen LogP contribution in [0.2, 0.25) is 0 Å². The van der Waals surface area contributed by atoms with E-state index in [2.05, 4.69) is 21.4 Å². The SMILES string of the molecule is CCCn1cncc1C1C(CN)OCCN1C1CC1. The Morgan fingerprint density at radius 3 is 3.00 bits per heavy atom. The van der Waals surface area contributed by atoms with Crippen molar-refractivity contribution in [3.8, 4) is 0 Å². The van der Waals surface area contributed by atoms with E-state index in [-0.39, 0.29) is 12.1 Å². The van der Waals surface area contributed by atoms with E-state index in [0.717, 1.165) is 32.2 Å². The van der Waals surface area contributed by atoms with Gasteiger partial charge in [-0.05, 0) is 19.3 Å². The van der Waals surface area contributed by atoms with Crippen LogP contribution in [0.15, 0.2) is 12.5 Å². The van der Waals surface area contributed by atoms with Crippen LogP contribution < -0.4 is 5.73 Å². The molecule has 0 bridgehead atoms. The first-order chi connectivity index (χ1) is 9.35. The van der Waals surface area contributed by atoms with Gasteiger partial charge in [-0.2, -0.15) is 0 Å². The second-order valence-electron chi connectivity index (χ2n) is 5.57. The van der Waals surface area contributed by atoms with Crippen LogP contribution in [0, 0.1) is 0 Å². The zero-order chi connectivity index (χ0) is 13.2. The van der Waals surface area contributed by atoms with E-state index in [9.17, 15) is 0 Å². The Morgan fingerprint density at radius 2 is 2.32 bits per heavy atom. The Bertz CT molecular complexity index is 415. The van der Waals surface area contributed by atoms with Crippen molar-refractivity contribution < 1.29 is 4.74 Å². The molecule has 2 unspecified atom stereocenters. The second kappa shape index (κ2) is 5.61. The molecule has 1 aromatic heterocycles. The Balaban J connectivity index is 1.89. The molecule has 2 aliphatic rings. The van der Waals surface area contributed by atoms with Gasteiger partial charge in [-0.15, -0.1) is 0 Å². The summed E-state index contributed by atoms with van der Waals surface area (Å²) >= 11 is 0. The minimum Gasteiger partial charge on any atom is -0.374 e. The van der Waals surface area contributed by atoms with Gasteiger partial charge in [-0.3, -0.25) is 4.90 Å². The zero-order valence-electron chi connectivity index (χ0n) is 11.7. The largest absolute Gasteiger partial charge is 0.374 e. The summed E-state index contributed by atoms with van der Waals surface area (Å²) in [4.78, 5) is 6.93. The Hall–Kier alpha value is -0.910. The number of ether oxygens (including phenoxy) is 1. The molecule has 1 aliphatic heterocycles. The summed E-state index contributed by atoms with van der Waals surface area (Å²) in [6.45, 7) is 5.60. The first-order valence-corrected chi connectivity index (χ1v) is 7.42. The summed E-state index contributed by atoms with van der Waals surface area (Å²) in [5.41, 5.74) is 7.19. The van der Waals surface area contributed by atoms with E-state index in [4.69, 9.17) is 10.5 Å². The highest BCUT2D eigenvalue weighted by Crippen LogP contribution is 2.38. The lowest BCUT2D eigenvalue weighted by Gasteiger charge is -2.41. The highest BCUT2D eigenvalue weighted by Gasteiger charge is 2.41. The van der Waals surface area contributed by atoms with Gasteiger partial charge in [0.05, 0.1) is 30.8 Å². The molecule has 106 valence electrons. The lowest BCUT2D eigenvalue weighted by molar-refractivity contribution is -0.0736. The molecule has 2 atom stereocenters. The molecule has 5 heteroatoms. The molecule has 2 fully saturated rings. The van der Waals surface area contributed by atoms with Crippen molar-refractivity contribution in [1.82, 2.24) is 14.5 Å². The Morgan fingerprint density at radius 1 is 1.47 bits per heavy atom. The molecule has 1 saturated carbocycles. The maximum absolute atomic E-state index is 5.93. The van der Waals surface area contributed by atoms with E-state index >= 15 is 0 Å². The molecule has 1 saturated heterocycles. The fourth-order valence-corrected chi connectivity index (χ4v) is 3.13. The number of nitrogens with zero attached hydrogens (tertiary/aromatic N) is 3. The molecule has 0 amide bonds. The minimum atomic E-state index is 0.0988. The van der Waals surface area contributed by atoms with Gasteiger partial charge in [0.1, 0.15) is 0 Å². The molecule has 1 aliphatic carbocycles. The number of aromatic nitrogens is 2. The van der Waals surface area contributed by atoms with Crippen LogP contribution in [0.4, 0.5) is 0 Å². The first kappa shape index (κ1) is 13.1. The van der Waals surface area contributed by atoms with Gasteiger partial charge in [0.25, 0.3) is 0 Å². The molecule has 2 heterocycles. The summed E-state index contributed by atoms with van der Waals surface area (Å²) in [5.74, 6) is 0. The highest BCUT2D eigenvalue weighted by molar-refractivity contribution is 5.12. The van der Waals surface area contributed by atoms with Gasteiger partial charge in [0.15, 0.2) is 0 Å². The molecule has 2 N–H and O–H groups in total. The van der Waals surface area contributed by atoms with Crippen molar-refractivity contribution in [2.45, 2.75) is 50.9 Å². The fourth-order valence-electron chi connectivity index (χ4n) is 3.13. The van der Waals surface area contributed by atoms with Crippen molar-refractivity contribution in [2.75, 3.05) is 19.7 Å². The van der Waals surface area contributed by atoms with Gasteiger partial charge in [0, 0.05) is 31.9 Å². The van der Waals surface area contributed by atoms with Crippen LogP contribution in [0.5, 0.6) is 0 Å². The van der Waals surface area contributed by atoms with Crippen LogP contribution >= 0.6 is 0 Å². The van der Waals surface area contributed by atoms with Gasteiger partial charge in [-0.25, -0.2) is 4.98 Å². The van der Waals surface area contributed by atoms with E-state index in [1.165, 1.54) is 18.5 Å². The summed E-state index contributed by atoms with van der Waals surface area (Å²) in [6, 6.07) is 1.01. The second-order valence-corrected chi connectivity index (χ2v) is 5.57. The quantitative estimate of drug-likeness (QED) is 0.867. The van der Waals surface area contributed by atoms with Crippen molar-refractivity contribution in [3.05, 3.63) is 18.2 Å². The molecular weight excluding hydrogens is 240 g/mol. The number of morpholine rings is 1. The molecule has 1 aromatic rings. The standard InChI is InChI=1S/C14H24N4O/c1-2-5-17-10-16-9-12(17)14-13(8-15)19-7-6-18(14)11-3-4-11/h9-11,13-14H,2-8,15H2,1H3. The lowest BCUT2D eigenvalue weighted by Crippen LogP contribution is -2.49. The number of imidazole rings is 1. The van der Waals surface area contributed by atoms with Crippen molar-refractivity contribution >= 4 is 0 Å². The van der Waals surface area contributed by atoms with Crippen molar-refractivity contribution in [3.63, 3.8) is 0 Å². The van der Waals surface area contributed by atoms with Crippen LogP contribution in [-0.4, -0.2) is 46.3 Å². The topological polar surface area (TPSA) is 56.3 Å². The normalized spacial score (nSPS) is 28.7. The molecule has 19 heavy (non-hydrogen) atoms. The summed E-state index contributed by atoms with van der Waals surface area (Å²) in [5, 5.41) is 0. The number of rotatable bonds is 5. The Kier molecular flexibility index (Phi) is 3.86. The monoisotopic (exact) mass is 264 g/mol. The number of hydrogen-bond acceptors (Lipinski definition) is 4. The molecule has 0 spiro atoms. The smallest absolute Gasteiger partial charge is 0.0948 e. The maximum Gasteiger partial charge on any atom is 0.0948 e. The average molecular weight is 264 g/mol. The maximum atomic E-state index is 5.93. The Labute approximate surface area is 114 Å². The predicted octanol–water partition coefficient (Wildman–Crippen LogP) is 1.16. The van der Waals surface area contributed by atoms with Gasteiger partial charge in [-0.1, -0.05) is 6.92 Å². The zero-order valence-corrected chi connectivity index (χ0v) is 11.7. The molecule has 0 radical (unpaired) electrons. The van der Waals surface area contributed by atoms with Gasteiger partial charge >= 0.3 is 0 Å². The van der Waals surface area contributed by atoms with E-state index < -0.39 is 0 Å². The summed E-state index contributed by atoms with van der Waals surface area (Å²) in [7, 11) is 0. The number of nitrogens with two attached hydrogens (primary N) is 1. The third-order valence-corrected chi connectivity index (χ3v) is 4.15. The van der Waals surface area contributed by atoms with Crippen molar-refractivity contribution in [1.29, 1.82) is 0 Å². The van der Waals surface area contributed by atoms with Crippen LogP contribution in [-0.2, 0) is 11.3 Å². The highest BCUT2D eigenvalue weighted by atomic mass is 16.5. The molecule has 5 nitrogen and oxygen atoms in total. The molecule has 3 rings (SSSR count). The van der Waals surface area contributed by atoms with Crippen LogP contribution in [0.1, 0.15) is 37.9 Å². The number of hydrogen-bond donors (Lipinski definition) is 1. The first-order valence-electron chi connectivity index (χ1n) is 7.42. The lowest BCUT2D eigenvalue weighted by atomic mass is 10.0. The van der Waals surface area contributed by atoms with E-state index in [1.54, 1.807) is 0 Å². The molecule has 0 aromatic carbocycles. The van der Waals surface area contributed by atoms with E-state index in [0.29, 0.717) is 6.54 Å². The van der Waals surface area contributed by atoms with E-state index in [1.807, 2.05) is 12.5 Å². The summed E-state index contributed by atoms with van der Waals surface area (Å²) in [6.07, 6.45) is 7.78. The average Bonchev–Trinajstić information content (AvgIpc) is 3.19. The number of aryl methyl sites for hydroxylation is 1. The summed E-state index contributed by atoms with van der Waals surface area (Å²) < 4.78 is 8.16. The van der Waals surface area contributed by atoms with Crippen LogP contribution in [0.25, 0.3) is 0 Å². The van der Waals surface area contributed by atoms with Crippen LogP contribution in [0.3, 0.4) is 0 Å². The minimum absolute atomic E-state index is 0.0988. The van der Waals surface area contributed by atoms with Crippen molar-refractivity contribution in [2.24, 2.45) is 5.73 Å². The third kappa shape index (κ3) is 2.55. The molecular formula is C14H24N4O. The van der Waals surface area contributed by atoms with Gasteiger partial charge < -0.3 is 15.0 Å².